The SMILES string of the molecule is CC(=O)O.OCc1cc([C@@H](O)CNCCc2ccc3c(c2)O[C@H](COCc2ccc(Cl)nc2)CO3)ccc1O. The largest absolute Gasteiger partial charge is 0.508 e. The number of aliphatic hydroxyl groups excluding tert-OH is 2. The highest BCUT2D eigenvalue weighted by atomic mass is 35.5. The van der Waals surface area contributed by atoms with E-state index in [2.05, 4.69) is 10.3 Å². The molecular formula is C28H33ClN2O8. The summed E-state index contributed by atoms with van der Waals surface area (Å²) in [7, 11) is 0. The zero-order valence-corrected chi connectivity index (χ0v) is 22.3. The summed E-state index contributed by atoms with van der Waals surface area (Å²) >= 11 is 5.80. The third-order valence-electron chi connectivity index (χ3n) is 5.67. The molecule has 0 saturated heterocycles. The van der Waals surface area contributed by atoms with Gasteiger partial charge < -0.3 is 40.0 Å². The van der Waals surface area contributed by atoms with Crippen molar-refractivity contribution in [3.63, 3.8) is 0 Å². The first-order chi connectivity index (χ1) is 18.7. The molecule has 1 aromatic heterocycles. The monoisotopic (exact) mass is 560 g/mol. The number of fused-ring (bicyclic) bond motifs is 1. The molecule has 2 aromatic carbocycles. The molecular weight excluding hydrogens is 528 g/mol. The fourth-order valence-electron chi connectivity index (χ4n) is 3.73. The van der Waals surface area contributed by atoms with Crippen molar-refractivity contribution in [1.29, 1.82) is 0 Å². The van der Waals surface area contributed by atoms with Gasteiger partial charge in [0.15, 0.2) is 17.6 Å². The highest BCUT2D eigenvalue weighted by molar-refractivity contribution is 6.29. The maximum Gasteiger partial charge on any atom is 0.300 e. The lowest BCUT2D eigenvalue weighted by Crippen LogP contribution is -2.33. The summed E-state index contributed by atoms with van der Waals surface area (Å²) in [6, 6.07) is 14.2. The number of aromatic nitrogens is 1. The van der Waals surface area contributed by atoms with E-state index in [0.717, 1.165) is 24.5 Å². The third-order valence-corrected chi connectivity index (χ3v) is 5.90. The van der Waals surface area contributed by atoms with Crippen molar-refractivity contribution in [2.45, 2.75) is 38.8 Å². The number of rotatable bonds is 11. The van der Waals surface area contributed by atoms with E-state index in [1.807, 2.05) is 24.3 Å². The molecule has 0 unspecified atom stereocenters. The Morgan fingerprint density at radius 3 is 2.67 bits per heavy atom. The van der Waals surface area contributed by atoms with Crippen molar-refractivity contribution in [3.8, 4) is 17.2 Å². The van der Waals surface area contributed by atoms with Crippen LogP contribution in [-0.4, -0.2) is 63.8 Å². The second-order valence-electron chi connectivity index (χ2n) is 8.87. The smallest absolute Gasteiger partial charge is 0.300 e. The number of halogens is 1. The Kier molecular flexibility index (Phi) is 11.8. The molecule has 39 heavy (non-hydrogen) atoms. The van der Waals surface area contributed by atoms with Crippen LogP contribution in [0.15, 0.2) is 54.7 Å². The molecule has 0 aliphatic carbocycles. The molecule has 0 saturated carbocycles. The number of aromatic hydroxyl groups is 1. The van der Waals surface area contributed by atoms with Crippen LogP contribution in [0.3, 0.4) is 0 Å². The Balaban J connectivity index is 0.000000983. The number of nitrogens with zero attached hydrogens (tertiary/aromatic N) is 1. The fraction of sp³-hybridized carbons (Fsp3) is 0.357. The molecule has 11 heteroatoms. The first-order valence-corrected chi connectivity index (χ1v) is 12.7. The summed E-state index contributed by atoms with van der Waals surface area (Å²) in [6.45, 7) is 3.03. The van der Waals surface area contributed by atoms with Crippen LogP contribution in [0.5, 0.6) is 17.2 Å². The minimum atomic E-state index is -0.833. The molecule has 1 aliphatic heterocycles. The Morgan fingerprint density at radius 1 is 1.18 bits per heavy atom. The van der Waals surface area contributed by atoms with E-state index < -0.39 is 12.1 Å². The summed E-state index contributed by atoms with van der Waals surface area (Å²) in [5, 5.41) is 40.4. The number of aliphatic carboxylic acids is 1. The summed E-state index contributed by atoms with van der Waals surface area (Å²) < 4.78 is 17.7. The molecule has 0 amide bonds. The number of nitrogens with one attached hydrogen (secondary N) is 1. The topological polar surface area (TPSA) is 151 Å². The lowest BCUT2D eigenvalue weighted by molar-refractivity contribution is -0.134. The molecule has 0 spiro atoms. The average molecular weight is 561 g/mol. The molecule has 0 bridgehead atoms. The van der Waals surface area contributed by atoms with Gasteiger partial charge in [0.2, 0.25) is 0 Å². The Morgan fingerprint density at radius 2 is 1.95 bits per heavy atom. The van der Waals surface area contributed by atoms with Gasteiger partial charge in [-0.05, 0) is 60.0 Å². The molecule has 210 valence electrons. The van der Waals surface area contributed by atoms with E-state index in [0.29, 0.717) is 60.7 Å². The van der Waals surface area contributed by atoms with E-state index in [4.69, 9.17) is 35.7 Å². The van der Waals surface area contributed by atoms with Crippen molar-refractivity contribution in [1.82, 2.24) is 10.3 Å². The molecule has 2 heterocycles. The number of carboxylic acids is 1. The Hall–Kier alpha value is -3.41. The minimum absolute atomic E-state index is 0.0164. The van der Waals surface area contributed by atoms with Crippen molar-refractivity contribution >= 4 is 17.6 Å². The summed E-state index contributed by atoms with van der Waals surface area (Å²) in [4.78, 5) is 13.0. The lowest BCUT2D eigenvalue weighted by atomic mass is 10.1. The first-order valence-electron chi connectivity index (χ1n) is 12.4. The van der Waals surface area contributed by atoms with Gasteiger partial charge in [-0.15, -0.1) is 0 Å². The zero-order valence-electron chi connectivity index (χ0n) is 21.5. The van der Waals surface area contributed by atoms with Crippen molar-refractivity contribution in [3.05, 3.63) is 82.1 Å². The highest BCUT2D eigenvalue weighted by Gasteiger charge is 2.21. The normalized spacial score (nSPS) is 14.7. The van der Waals surface area contributed by atoms with Crippen molar-refractivity contribution in [2.75, 3.05) is 26.3 Å². The number of pyridine rings is 1. The number of carboxylic acid groups (broad SMARTS) is 1. The van der Waals surface area contributed by atoms with Gasteiger partial charge in [-0.25, -0.2) is 4.98 Å². The van der Waals surface area contributed by atoms with E-state index in [1.165, 1.54) is 6.07 Å². The number of hydrogen-bond donors (Lipinski definition) is 5. The predicted molar refractivity (Wildman–Crippen MR) is 144 cm³/mol. The lowest BCUT2D eigenvalue weighted by Gasteiger charge is -2.27. The maximum atomic E-state index is 10.4. The number of carbonyl (C=O) groups is 1. The van der Waals surface area contributed by atoms with Crippen LogP contribution in [0.25, 0.3) is 0 Å². The summed E-state index contributed by atoms with van der Waals surface area (Å²) in [5.74, 6) is 0.584. The van der Waals surface area contributed by atoms with Crippen LogP contribution < -0.4 is 14.8 Å². The van der Waals surface area contributed by atoms with E-state index in [1.54, 1.807) is 24.4 Å². The quantitative estimate of drug-likeness (QED) is 0.175. The Labute approximate surface area is 231 Å². The number of benzene rings is 2. The molecule has 0 fully saturated rings. The van der Waals surface area contributed by atoms with Crippen LogP contribution in [0.4, 0.5) is 0 Å². The van der Waals surface area contributed by atoms with Crippen molar-refractivity contribution in [2.24, 2.45) is 0 Å². The second-order valence-corrected chi connectivity index (χ2v) is 9.26. The van der Waals surface area contributed by atoms with Crippen LogP contribution >= 0.6 is 11.6 Å². The standard InChI is InChI=1S/C26H29ClN2O6.C2H4O2/c27-26-6-2-18(11-29-26)14-33-15-21-16-34-24-5-1-17(9-25(24)35-21)7-8-28-12-23(32)19-3-4-22(31)20(10-19)13-30;1-2(3)4/h1-6,9-11,21,23,28,30-32H,7-8,12-16H2;1H3,(H,3,4)/t21-,23+;/m1./s1. The van der Waals surface area contributed by atoms with Crippen LogP contribution in [0, 0.1) is 0 Å². The third kappa shape index (κ3) is 10.0. The molecule has 1 aliphatic rings. The van der Waals surface area contributed by atoms with Crippen LogP contribution in [0.1, 0.15) is 35.3 Å². The minimum Gasteiger partial charge on any atom is -0.508 e. The van der Waals surface area contributed by atoms with Gasteiger partial charge in [0.1, 0.15) is 17.5 Å². The molecule has 4 rings (SSSR count). The van der Waals surface area contributed by atoms with Gasteiger partial charge in [0.25, 0.3) is 5.97 Å². The highest BCUT2D eigenvalue weighted by Crippen LogP contribution is 2.33. The van der Waals surface area contributed by atoms with Crippen LogP contribution in [0.2, 0.25) is 5.15 Å². The Bertz CT molecular complexity index is 1200. The number of ether oxygens (including phenoxy) is 3. The maximum absolute atomic E-state index is 10.4. The molecule has 3 aromatic rings. The predicted octanol–water partition coefficient (Wildman–Crippen LogP) is 3.25. The zero-order chi connectivity index (χ0) is 28.2. The molecule has 5 N–H and O–H groups in total. The number of aliphatic hydroxyl groups is 2. The summed E-state index contributed by atoms with van der Waals surface area (Å²) in [5.41, 5.74) is 3.05. The number of phenols is 1. The molecule has 2 atom stereocenters. The van der Waals surface area contributed by atoms with Crippen LogP contribution in [-0.2, 0) is 29.2 Å². The van der Waals surface area contributed by atoms with E-state index in [9.17, 15) is 15.3 Å². The second kappa shape index (κ2) is 15.2. The van der Waals surface area contributed by atoms with Crippen molar-refractivity contribution < 1.29 is 39.4 Å². The molecule has 0 radical (unpaired) electrons. The average Bonchev–Trinajstić information content (AvgIpc) is 2.92. The first kappa shape index (κ1) is 30.1. The van der Waals surface area contributed by atoms with E-state index >= 15 is 0 Å². The van der Waals surface area contributed by atoms with Gasteiger partial charge in [0.05, 0.1) is 25.9 Å². The molecule has 10 nitrogen and oxygen atoms in total. The van der Waals surface area contributed by atoms with Gasteiger partial charge in [-0.2, -0.15) is 0 Å². The van der Waals surface area contributed by atoms with Gasteiger partial charge >= 0.3 is 0 Å². The summed E-state index contributed by atoms with van der Waals surface area (Å²) in [6.07, 6.45) is 1.48. The van der Waals surface area contributed by atoms with Gasteiger partial charge in [-0.1, -0.05) is 29.8 Å². The van der Waals surface area contributed by atoms with Gasteiger partial charge in [-0.3, -0.25) is 4.79 Å². The fourth-order valence-corrected chi connectivity index (χ4v) is 3.84. The van der Waals surface area contributed by atoms with Gasteiger partial charge in [0, 0.05) is 25.2 Å². The van der Waals surface area contributed by atoms with E-state index in [-0.39, 0.29) is 18.5 Å². The number of hydrogen-bond acceptors (Lipinski definition) is 9.